The Hall–Kier alpha value is -1.94. The molecule has 0 bridgehead atoms. The molecule has 0 unspecified atom stereocenters. The van der Waals surface area contributed by atoms with Gasteiger partial charge < -0.3 is 10.1 Å². The molecule has 0 fully saturated rings. The second-order valence-electron chi connectivity index (χ2n) is 6.89. The van der Waals surface area contributed by atoms with Crippen LogP contribution in [0.5, 0.6) is 0 Å². The molecule has 1 aromatic heterocycles. The first-order chi connectivity index (χ1) is 14.2. The van der Waals surface area contributed by atoms with Gasteiger partial charge in [-0.2, -0.15) is 0 Å². The summed E-state index contributed by atoms with van der Waals surface area (Å²) >= 11 is 7.14. The monoisotopic (exact) mass is 470 g/mol. The molecule has 1 amide bonds. The van der Waals surface area contributed by atoms with Crippen molar-refractivity contribution in [3.05, 3.63) is 45.3 Å². The lowest BCUT2D eigenvalue weighted by Crippen LogP contribution is -2.30. The fourth-order valence-electron chi connectivity index (χ4n) is 3.31. The molecule has 2 aromatic rings. The smallest absolute Gasteiger partial charge is 0.341 e. The molecular formula is C20H23ClN2O5S2. The predicted molar refractivity (Wildman–Crippen MR) is 117 cm³/mol. The maximum Gasteiger partial charge on any atom is 0.341 e. The van der Waals surface area contributed by atoms with Crippen LogP contribution in [-0.4, -0.2) is 51.1 Å². The minimum absolute atomic E-state index is 0.112. The summed E-state index contributed by atoms with van der Waals surface area (Å²) in [6.07, 6.45) is 0.472. The zero-order valence-corrected chi connectivity index (χ0v) is 19.1. The SMILES string of the molecule is CCN1CCc2c(sc(NC(=O)CCS(=O)(=O)c3ccc(Cl)cc3)c2C(=O)OC)C1. The average molecular weight is 471 g/mol. The van der Waals surface area contributed by atoms with E-state index in [0.717, 1.165) is 23.5 Å². The minimum atomic E-state index is -3.62. The van der Waals surface area contributed by atoms with Crippen LogP contribution in [0, 0.1) is 0 Å². The summed E-state index contributed by atoms with van der Waals surface area (Å²) in [4.78, 5) is 28.2. The number of benzene rings is 1. The second kappa shape index (κ2) is 9.47. The zero-order chi connectivity index (χ0) is 21.9. The first-order valence-electron chi connectivity index (χ1n) is 9.48. The van der Waals surface area contributed by atoms with E-state index in [9.17, 15) is 18.0 Å². The third-order valence-electron chi connectivity index (χ3n) is 5.00. The van der Waals surface area contributed by atoms with E-state index in [1.54, 1.807) is 0 Å². The number of hydrogen-bond donors (Lipinski definition) is 1. The van der Waals surface area contributed by atoms with Gasteiger partial charge in [0.15, 0.2) is 9.84 Å². The molecule has 0 saturated heterocycles. The highest BCUT2D eigenvalue weighted by molar-refractivity contribution is 7.91. The number of fused-ring (bicyclic) bond motifs is 1. The molecule has 1 aliphatic rings. The Morgan fingerprint density at radius 3 is 2.60 bits per heavy atom. The number of nitrogens with zero attached hydrogens (tertiary/aromatic N) is 1. The van der Waals surface area contributed by atoms with E-state index in [2.05, 4.69) is 17.1 Å². The van der Waals surface area contributed by atoms with Crippen LogP contribution in [0.2, 0.25) is 5.02 Å². The van der Waals surface area contributed by atoms with E-state index in [0.29, 0.717) is 28.6 Å². The highest BCUT2D eigenvalue weighted by atomic mass is 35.5. The van der Waals surface area contributed by atoms with Crippen LogP contribution in [-0.2, 0) is 32.3 Å². The summed E-state index contributed by atoms with van der Waals surface area (Å²) in [7, 11) is -2.32. The van der Waals surface area contributed by atoms with Gasteiger partial charge in [0.1, 0.15) is 5.00 Å². The molecule has 1 N–H and O–H groups in total. The highest BCUT2D eigenvalue weighted by Crippen LogP contribution is 2.37. The van der Waals surface area contributed by atoms with Gasteiger partial charge >= 0.3 is 5.97 Å². The number of sulfone groups is 1. The molecule has 162 valence electrons. The van der Waals surface area contributed by atoms with Crippen LogP contribution >= 0.6 is 22.9 Å². The van der Waals surface area contributed by atoms with Gasteiger partial charge in [-0.05, 0) is 42.8 Å². The van der Waals surface area contributed by atoms with Crippen LogP contribution in [0.1, 0.15) is 34.1 Å². The van der Waals surface area contributed by atoms with Gasteiger partial charge in [0.2, 0.25) is 5.91 Å². The normalized spacial score (nSPS) is 14.2. The summed E-state index contributed by atoms with van der Waals surface area (Å²) in [5, 5.41) is 3.57. The first kappa shape index (κ1) is 22.7. The molecule has 10 heteroatoms. The molecule has 0 radical (unpaired) electrons. The number of carbonyl (C=O) groups excluding carboxylic acids is 2. The molecule has 0 spiro atoms. The van der Waals surface area contributed by atoms with Gasteiger partial charge in [-0.25, -0.2) is 13.2 Å². The van der Waals surface area contributed by atoms with Gasteiger partial charge in [0, 0.05) is 29.4 Å². The Bertz CT molecular complexity index is 1050. The molecule has 1 aliphatic heterocycles. The Morgan fingerprint density at radius 2 is 1.97 bits per heavy atom. The van der Waals surface area contributed by atoms with Gasteiger partial charge in [-0.1, -0.05) is 18.5 Å². The Kier molecular flexibility index (Phi) is 7.18. The molecule has 1 aromatic carbocycles. The molecule has 2 heterocycles. The summed E-state index contributed by atoms with van der Waals surface area (Å²) in [6, 6.07) is 5.81. The van der Waals surface area contributed by atoms with Crippen LogP contribution in [0.3, 0.4) is 0 Å². The topological polar surface area (TPSA) is 92.8 Å². The van der Waals surface area contributed by atoms with Crippen molar-refractivity contribution in [2.75, 3.05) is 31.3 Å². The molecule has 0 aliphatic carbocycles. The number of likely N-dealkylation sites (N-methyl/N-ethyl adjacent to an activating group) is 1. The summed E-state index contributed by atoms with van der Waals surface area (Å²) in [6.45, 7) is 4.51. The zero-order valence-electron chi connectivity index (χ0n) is 16.7. The van der Waals surface area contributed by atoms with E-state index < -0.39 is 21.7 Å². The van der Waals surface area contributed by atoms with Crippen LogP contribution in [0.15, 0.2) is 29.2 Å². The number of carbonyl (C=O) groups is 2. The standard InChI is InChI=1S/C20H23ClN2O5S2/c1-3-23-10-8-15-16(12-23)29-19(18(15)20(25)28-2)22-17(24)9-11-30(26,27)14-6-4-13(21)5-7-14/h4-7H,3,8-12H2,1-2H3,(H,22,24). The Morgan fingerprint density at radius 1 is 1.27 bits per heavy atom. The summed E-state index contributed by atoms with van der Waals surface area (Å²) < 4.78 is 29.8. The van der Waals surface area contributed by atoms with Crippen molar-refractivity contribution in [2.24, 2.45) is 0 Å². The number of esters is 1. The third-order valence-corrected chi connectivity index (χ3v) is 8.11. The number of thiophene rings is 1. The lowest BCUT2D eigenvalue weighted by atomic mass is 10.0. The van der Waals surface area contributed by atoms with Crippen LogP contribution in [0.25, 0.3) is 0 Å². The Balaban J connectivity index is 1.74. The lowest BCUT2D eigenvalue weighted by molar-refractivity contribution is -0.115. The number of halogens is 1. The van der Waals surface area contributed by atoms with Crippen molar-refractivity contribution in [2.45, 2.75) is 31.2 Å². The van der Waals surface area contributed by atoms with Crippen LogP contribution < -0.4 is 5.32 Å². The fraction of sp³-hybridized carbons (Fsp3) is 0.400. The number of nitrogens with one attached hydrogen (secondary N) is 1. The number of ether oxygens (including phenoxy) is 1. The van der Waals surface area contributed by atoms with Crippen molar-refractivity contribution in [1.29, 1.82) is 0 Å². The van der Waals surface area contributed by atoms with Crippen molar-refractivity contribution in [1.82, 2.24) is 4.90 Å². The second-order valence-corrected chi connectivity index (χ2v) is 10.5. The molecular weight excluding hydrogens is 448 g/mol. The Labute approximate surface area is 184 Å². The quantitative estimate of drug-likeness (QED) is 0.623. The molecule has 3 rings (SSSR count). The first-order valence-corrected chi connectivity index (χ1v) is 12.3. The number of methoxy groups -OCH3 is 1. The number of amides is 1. The van der Waals surface area contributed by atoms with E-state index in [1.807, 2.05) is 0 Å². The van der Waals surface area contributed by atoms with E-state index in [1.165, 1.54) is 42.7 Å². The third kappa shape index (κ3) is 5.03. The maximum atomic E-state index is 12.5. The molecule has 7 nitrogen and oxygen atoms in total. The van der Waals surface area contributed by atoms with Crippen molar-refractivity contribution >= 4 is 49.7 Å². The number of anilines is 1. The highest BCUT2D eigenvalue weighted by Gasteiger charge is 2.29. The number of hydrogen-bond acceptors (Lipinski definition) is 7. The number of rotatable bonds is 7. The van der Waals surface area contributed by atoms with Gasteiger partial charge in [0.25, 0.3) is 0 Å². The maximum absolute atomic E-state index is 12.5. The van der Waals surface area contributed by atoms with E-state index in [4.69, 9.17) is 16.3 Å². The van der Waals surface area contributed by atoms with Gasteiger partial charge in [-0.3, -0.25) is 9.69 Å². The van der Waals surface area contributed by atoms with Crippen LogP contribution in [0.4, 0.5) is 5.00 Å². The molecule has 0 saturated carbocycles. The lowest BCUT2D eigenvalue weighted by Gasteiger charge is -2.25. The fourth-order valence-corrected chi connectivity index (χ4v) is 5.97. The largest absolute Gasteiger partial charge is 0.465 e. The molecule has 0 atom stereocenters. The predicted octanol–water partition coefficient (Wildman–Crippen LogP) is 3.37. The van der Waals surface area contributed by atoms with Crippen molar-refractivity contribution in [3.63, 3.8) is 0 Å². The van der Waals surface area contributed by atoms with E-state index >= 15 is 0 Å². The molecule has 30 heavy (non-hydrogen) atoms. The minimum Gasteiger partial charge on any atom is -0.465 e. The van der Waals surface area contributed by atoms with E-state index in [-0.39, 0.29) is 17.1 Å². The van der Waals surface area contributed by atoms with Crippen molar-refractivity contribution in [3.8, 4) is 0 Å². The summed E-state index contributed by atoms with van der Waals surface area (Å²) in [5.41, 5.74) is 1.28. The van der Waals surface area contributed by atoms with Gasteiger partial charge in [-0.15, -0.1) is 11.3 Å². The van der Waals surface area contributed by atoms with Gasteiger partial charge in [0.05, 0.1) is 23.3 Å². The average Bonchev–Trinajstić information content (AvgIpc) is 3.08. The summed E-state index contributed by atoms with van der Waals surface area (Å²) in [5.74, 6) is -1.31. The van der Waals surface area contributed by atoms with Crippen molar-refractivity contribution < 1.29 is 22.7 Å².